The maximum absolute atomic E-state index is 12.7. The topological polar surface area (TPSA) is 93.0 Å². The maximum Gasteiger partial charge on any atom is 0.341 e. The van der Waals surface area contributed by atoms with Gasteiger partial charge in [-0.25, -0.2) is 4.79 Å². The molecular weight excluding hydrogens is 362 g/mol. The van der Waals surface area contributed by atoms with Crippen LogP contribution in [-0.2, 0) is 9.53 Å². The van der Waals surface area contributed by atoms with Crippen molar-refractivity contribution in [1.82, 2.24) is 4.90 Å². The molecule has 1 atom stereocenters. The highest BCUT2D eigenvalue weighted by molar-refractivity contribution is 5.97. The summed E-state index contributed by atoms with van der Waals surface area (Å²) >= 11 is 0. The van der Waals surface area contributed by atoms with Gasteiger partial charge in [0.15, 0.2) is 6.61 Å². The molecule has 8 heteroatoms. The van der Waals surface area contributed by atoms with Gasteiger partial charge in [0.05, 0.1) is 16.2 Å². The molecule has 1 aromatic carbocycles. The third-order valence-corrected chi connectivity index (χ3v) is 5.44. The molecule has 0 aromatic heterocycles. The van der Waals surface area contributed by atoms with Crippen LogP contribution in [0.1, 0.15) is 49.4 Å². The van der Waals surface area contributed by atoms with Crippen LogP contribution in [-0.4, -0.2) is 54.5 Å². The molecular formula is C20H27N3O5. The van der Waals surface area contributed by atoms with Crippen molar-refractivity contribution in [1.29, 1.82) is 0 Å². The summed E-state index contributed by atoms with van der Waals surface area (Å²) in [5, 5.41) is 11.1. The number of carbonyl (C=O) groups is 2. The SMILES string of the molecule is CC1CCCN(C(=O)COC(=O)c2cc([N+](=O)[O-])ccc2N2CCCCC2)C1. The number of nitro benzene ring substituents is 1. The number of likely N-dealkylation sites (tertiary alicyclic amines) is 1. The zero-order valence-electron chi connectivity index (χ0n) is 16.3. The Hall–Kier alpha value is -2.64. The predicted octanol–water partition coefficient (Wildman–Crippen LogP) is 3.00. The smallest absolute Gasteiger partial charge is 0.341 e. The minimum Gasteiger partial charge on any atom is -0.452 e. The summed E-state index contributed by atoms with van der Waals surface area (Å²) in [4.78, 5) is 39.5. The second-order valence-electron chi connectivity index (χ2n) is 7.67. The van der Waals surface area contributed by atoms with E-state index in [0.29, 0.717) is 24.7 Å². The van der Waals surface area contributed by atoms with Crippen LogP contribution in [0.15, 0.2) is 18.2 Å². The van der Waals surface area contributed by atoms with Crippen molar-refractivity contribution in [3.63, 3.8) is 0 Å². The molecule has 0 saturated carbocycles. The first-order chi connectivity index (χ1) is 13.5. The van der Waals surface area contributed by atoms with E-state index in [4.69, 9.17) is 4.74 Å². The molecule has 0 radical (unpaired) electrons. The van der Waals surface area contributed by atoms with E-state index in [2.05, 4.69) is 11.8 Å². The molecule has 2 aliphatic rings. The fourth-order valence-electron chi connectivity index (χ4n) is 3.92. The predicted molar refractivity (Wildman–Crippen MR) is 104 cm³/mol. The number of hydrogen-bond acceptors (Lipinski definition) is 6. The number of nitro groups is 1. The van der Waals surface area contributed by atoms with Gasteiger partial charge in [0, 0.05) is 38.3 Å². The number of ether oxygens (including phenoxy) is 1. The molecule has 0 aliphatic carbocycles. The van der Waals surface area contributed by atoms with E-state index in [-0.39, 0.29) is 23.8 Å². The maximum atomic E-state index is 12.7. The number of nitrogens with zero attached hydrogens (tertiary/aromatic N) is 3. The third kappa shape index (κ3) is 4.79. The highest BCUT2D eigenvalue weighted by atomic mass is 16.6. The van der Waals surface area contributed by atoms with E-state index in [1.165, 1.54) is 12.1 Å². The number of anilines is 1. The summed E-state index contributed by atoms with van der Waals surface area (Å²) in [6.45, 7) is 4.70. The van der Waals surface area contributed by atoms with Gasteiger partial charge in [-0.15, -0.1) is 0 Å². The molecule has 2 aliphatic heterocycles. The minimum absolute atomic E-state index is 0.149. The van der Waals surface area contributed by atoms with Crippen LogP contribution < -0.4 is 4.90 Å². The lowest BCUT2D eigenvalue weighted by Crippen LogP contribution is -2.41. The Labute approximate surface area is 164 Å². The average Bonchev–Trinajstić information content (AvgIpc) is 2.72. The first-order valence-corrected chi connectivity index (χ1v) is 9.94. The molecule has 3 rings (SSSR count). The normalized spacial score (nSPS) is 20.0. The van der Waals surface area contributed by atoms with Crippen molar-refractivity contribution < 1.29 is 19.2 Å². The molecule has 2 fully saturated rings. The Morgan fingerprint density at radius 2 is 1.93 bits per heavy atom. The van der Waals surface area contributed by atoms with Crippen molar-refractivity contribution in [2.24, 2.45) is 5.92 Å². The molecule has 2 saturated heterocycles. The minimum atomic E-state index is -0.692. The number of carbonyl (C=O) groups excluding carboxylic acids is 2. The van der Waals surface area contributed by atoms with E-state index in [0.717, 1.165) is 45.2 Å². The quantitative estimate of drug-likeness (QED) is 0.437. The molecule has 2 heterocycles. The van der Waals surface area contributed by atoms with Crippen molar-refractivity contribution in [2.75, 3.05) is 37.7 Å². The Morgan fingerprint density at radius 3 is 2.61 bits per heavy atom. The monoisotopic (exact) mass is 389 g/mol. The van der Waals surface area contributed by atoms with Gasteiger partial charge in [-0.3, -0.25) is 14.9 Å². The lowest BCUT2D eigenvalue weighted by molar-refractivity contribution is -0.384. The number of piperidine rings is 2. The number of esters is 1. The van der Waals surface area contributed by atoms with Gasteiger partial charge in [0.2, 0.25) is 0 Å². The molecule has 152 valence electrons. The van der Waals surface area contributed by atoms with Gasteiger partial charge in [-0.1, -0.05) is 6.92 Å². The summed E-state index contributed by atoms with van der Waals surface area (Å²) in [7, 11) is 0. The first-order valence-electron chi connectivity index (χ1n) is 9.94. The summed E-state index contributed by atoms with van der Waals surface area (Å²) in [6.07, 6.45) is 5.20. The van der Waals surface area contributed by atoms with Crippen LogP contribution in [0.25, 0.3) is 0 Å². The van der Waals surface area contributed by atoms with Crippen LogP contribution in [0, 0.1) is 16.0 Å². The summed E-state index contributed by atoms with van der Waals surface area (Å²) in [5.74, 6) is -0.469. The molecule has 1 amide bonds. The molecule has 0 spiro atoms. The number of rotatable bonds is 5. The van der Waals surface area contributed by atoms with Gasteiger partial charge < -0.3 is 14.5 Å². The second kappa shape index (κ2) is 9.03. The number of amides is 1. The van der Waals surface area contributed by atoms with Crippen molar-refractivity contribution in [3.05, 3.63) is 33.9 Å². The fraction of sp³-hybridized carbons (Fsp3) is 0.600. The standard InChI is InChI=1S/C20H27N3O5/c1-15-6-5-11-22(13-15)19(24)14-28-20(25)17-12-16(23(26)27)7-8-18(17)21-9-3-2-4-10-21/h7-8,12,15H,2-6,9-11,13-14H2,1H3. The lowest BCUT2D eigenvalue weighted by Gasteiger charge is -2.31. The number of non-ortho nitro benzene ring substituents is 1. The zero-order valence-corrected chi connectivity index (χ0v) is 16.3. The first kappa shape index (κ1) is 20.1. The highest BCUT2D eigenvalue weighted by Crippen LogP contribution is 2.28. The summed E-state index contributed by atoms with van der Waals surface area (Å²) in [5.41, 5.74) is 0.620. The van der Waals surface area contributed by atoms with E-state index >= 15 is 0 Å². The van der Waals surface area contributed by atoms with Gasteiger partial charge in [-0.2, -0.15) is 0 Å². The Bertz CT molecular complexity index is 745. The third-order valence-electron chi connectivity index (χ3n) is 5.44. The largest absolute Gasteiger partial charge is 0.452 e. The lowest BCUT2D eigenvalue weighted by atomic mass is 10.0. The highest BCUT2D eigenvalue weighted by Gasteiger charge is 2.25. The molecule has 28 heavy (non-hydrogen) atoms. The zero-order chi connectivity index (χ0) is 20.1. The Kier molecular flexibility index (Phi) is 6.49. The van der Waals surface area contributed by atoms with Crippen LogP contribution in [0.5, 0.6) is 0 Å². The molecule has 0 bridgehead atoms. The van der Waals surface area contributed by atoms with E-state index < -0.39 is 10.9 Å². The van der Waals surface area contributed by atoms with Gasteiger partial charge in [0.25, 0.3) is 11.6 Å². The van der Waals surface area contributed by atoms with Crippen LogP contribution >= 0.6 is 0 Å². The van der Waals surface area contributed by atoms with Crippen LogP contribution in [0.2, 0.25) is 0 Å². The van der Waals surface area contributed by atoms with Crippen molar-refractivity contribution in [2.45, 2.75) is 39.0 Å². The molecule has 1 aromatic rings. The van der Waals surface area contributed by atoms with Crippen molar-refractivity contribution >= 4 is 23.3 Å². The van der Waals surface area contributed by atoms with Crippen LogP contribution in [0.3, 0.4) is 0 Å². The Balaban J connectivity index is 1.72. The van der Waals surface area contributed by atoms with E-state index in [1.54, 1.807) is 11.0 Å². The van der Waals surface area contributed by atoms with Gasteiger partial charge in [-0.05, 0) is 44.1 Å². The Morgan fingerprint density at radius 1 is 1.18 bits per heavy atom. The molecule has 8 nitrogen and oxygen atoms in total. The number of benzene rings is 1. The van der Waals surface area contributed by atoms with Crippen LogP contribution in [0.4, 0.5) is 11.4 Å². The molecule has 0 N–H and O–H groups in total. The van der Waals surface area contributed by atoms with E-state index in [9.17, 15) is 19.7 Å². The summed E-state index contributed by atoms with van der Waals surface area (Å²) < 4.78 is 5.27. The van der Waals surface area contributed by atoms with Gasteiger partial charge >= 0.3 is 5.97 Å². The number of hydrogen-bond donors (Lipinski definition) is 0. The van der Waals surface area contributed by atoms with Gasteiger partial charge in [0.1, 0.15) is 0 Å². The fourth-order valence-corrected chi connectivity index (χ4v) is 3.92. The van der Waals surface area contributed by atoms with Crippen molar-refractivity contribution in [3.8, 4) is 0 Å². The van der Waals surface area contributed by atoms with E-state index in [1.807, 2.05) is 0 Å². The summed E-state index contributed by atoms with van der Waals surface area (Å²) in [6, 6.07) is 4.26. The average molecular weight is 389 g/mol. The molecule has 1 unspecified atom stereocenters. The second-order valence-corrected chi connectivity index (χ2v) is 7.67.